The summed E-state index contributed by atoms with van der Waals surface area (Å²) in [4.78, 5) is 24.1. The summed E-state index contributed by atoms with van der Waals surface area (Å²) in [6.07, 6.45) is 1.64. The molecule has 2 heterocycles. The van der Waals surface area contributed by atoms with Crippen LogP contribution in [0.25, 0.3) is 0 Å². The second kappa shape index (κ2) is 3.24. The van der Waals surface area contributed by atoms with Gasteiger partial charge in [-0.1, -0.05) is 0 Å². The third-order valence-corrected chi connectivity index (χ3v) is 2.99. The first-order valence-corrected chi connectivity index (χ1v) is 4.78. The Morgan fingerprint density at radius 2 is 2.36 bits per heavy atom. The van der Waals surface area contributed by atoms with Crippen molar-refractivity contribution >= 4 is 11.9 Å². The number of rotatable bonds is 2. The Morgan fingerprint density at radius 1 is 1.57 bits per heavy atom. The number of hydrogen-bond donors (Lipinski definition) is 1. The van der Waals surface area contributed by atoms with Gasteiger partial charge in [-0.25, -0.2) is 4.79 Å². The molecule has 5 nitrogen and oxygen atoms in total. The molecular formula is C9H13NO4. The van der Waals surface area contributed by atoms with Crippen LogP contribution in [0.1, 0.15) is 19.3 Å². The van der Waals surface area contributed by atoms with E-state index < -0.39 is 11.5 Å². The van der Waals surface area contributed by atoms with E-state index in [9.17, 15) is 9.59 Å². The molecule has 1 N–H and O–H groups in total. The van der Waals surface area contributed by atoms with Crippen molar-refractivity contribution in [3.8, 4) is 0 Å². The highest BCUT2D eigenvalue weighted by atomic mass is 16.5. The highest BCUT2D eigenvalue weighted by Crippen LogP contribution is 2.30. The van der Waals surface area contributed by atoms with Gasteiger partial charge in [0.05, 0.1) is 6.61 Å². The third kappa shape index (κ3) is 1.19. The maximum Gasteiger partial charge on any atom is 0.332 e. The molecule has 0 saturated carbocycles. The molecule has 5 heteroatoms. The lowest BCUT2D eigenvalue weighted by Crippen LogP contribution is -2.55. The van der Waals surface area contributed by atoms with Crippen LogP contribution in [0.15, 0.2) is 0 Å². The number of amides is 1. The number of hydrogen-bond acceptors (Lipinski definition) is 3. The van der Waals surface area contributed by atoms with E-state index in [1.165, 1.54) is 4.90 Å². The topological polar surface area (TPSA) is 66.8 Å². The lowest BCUT2D eigenvalue weighted by Gasteiger charge is -2.33. The lowest BCUT2D eigenvalue weighted by atomic mass is 9.97. The SMILES string of the molecule is O=C1CCCN1C1(C(=O)O)CCOC1. The van der Waals surface area contributed by atoms with E-state index in [1.54, 1.807) is 0 Å². The van der Waals surface area contributed by atoms with Crippen LogP contribution in [0.4, 0.5) is 0 Å². The van der Waals surface area contributed by atoms with Crippen molar-refractivity contribution < 1.29 is 19.4 Å². The van der Waals surface area contributed by atoms with Crippen LogP contribution in [-0.4, -0.2) is 47.2 Å². The molecule has 0 aliphatic carbocycles. The minimum Gasteiger partial charge on any atom is -0.479 e. The number of carbonyl (C=O) groups excluding carboxylic acids is 1. The summed E-state index contributed by atoms with van der Waals surface area (Å²) in [5, 5.41) is 9.17. The van der Waals surface area contributed by atoms with Crippen LogP contribution in [0.5, 0.6) is 0 Å². The Bertz CT molecular complexity index is 270. The van der Waals surface area contributed by atoms with Gasteiger partial charge >= 0.3 is 5.97 Å². The van der Waals surface area contributed by atoms with Crippen molar-refractivity contribution in [3.63, 3.8) is 0 Å². The van der Waals surface area contributed by atoms with Crippen LogP contribution in [0.2, 0.25) is 0 Å². The molecule has 2 fully saturated rings. The fourth-order valence-electron chi connectivity index (χ4n) is 2.15. The van der Waals surface area contributed by atoms with E-state index >= 15 is 0 Å². The predicted molar refractivity (Wildman–Crippen MR) is 46.7 cm³/mol. The zero-order valence-corrected chi connectivity index (χ0v) is 7.86. The quantitative estimate of drug-likeness (QED) is 0.671. The van der Waals surface area contributed by atoms with Gasteiger partial charge in [0.2, 0.25) is 5.91 Å². The Balaban J connectivity index is 2.26. The van der Waals surface area contributed by atoms with E-state index in [2.05, 4.69) is 0 Å². The molecule has 2 aliphatic rings. The molecule has 0 aromatic rings. The molecule has 0 aromatic carbocycles. The Kier molecular flexibility index (Phi) is 2.19. The van der Waals surface area contributed by atoms with Gasteiger partial charge in [-0.15, -0.1) is 0 Å². The van der Waals surface area contributed by atoms with Crippen molar-refractivity contribution in [3.05, 3.63) is 0 Å². The lowest BCUT2D eigenvalue weighted by molar-refractivity contribution is -0.157. The average molecular weight is 199 g/mol. The predicted octanol–water partition coefficient (Wildman–Crippen LogP) is -0.147. The van der Waals surface area contributed by atoms with Crippen LogP contribution in [0, 0.1) is 0 Å². The number of carboxylic acid groups (broad SMARTS) is 1. The van der Waals surface area contributed by atoms with Gasteiger partial charge in [0.25, 0.3) is 0 Å². The molecule has 1 unspecified atom stereocenters. The van der Waals surface area contributed by atoms with E-state index in [0.717, 1.165) is 6.42 Å². The summed E-state index contributed by atoms with van der Waals surface area (Å²) >= 11 is 0. The smallest absolute Gasteiger partial charge is 0.332 e. The number of carbonyl (C=O) groups is 2. The highest BCUT2D eigenvalue weighted by Gasteiger charge is 2.50. The summed E-state index contributed by atoms with van der Waals surface area (Å²) in [6, 6.07) is 0. The monoisotopic (exact) mass is 199 g/mol. The average Bonchev–Trinajstić information content (AvgIpc) is 2.72. The number of ether oxygens (including phenoxy) is 1. The second-order valence-electron chi connectivity index (χ2n) is 3.79. The van der Waals surface area contributed by atoms with Gasteiger partial charge in [0.15, 0.2) is 5.54 Å². The third-order valence-electron chi connectivity index (χ3n) is 2.99. The van der Waals surface area contributed by atoms with Crippen LogP contribution >= 0.6 is 0 Å². The van der Waals surface area contributed by atoms with Crippen molar-refractivity contribution in [2.75, 3.05) is 19.8 Å². The van der Waals surface area contributed by atoms with E-state index in [1.807, 2.05) is 0 Å². The van der Waals surface area contributed by atoms with Crippen molar-refractivity contribution in [1.82, 2.24) is 4.90 Å². The van der Waals surface area contributed by atoms with E-state index in [4.69, 9.17) is 9.84 Å². The summed E-state index contributed by atoms with van der Waals surface area (Å²) < 4.78 is 5.11. The number of aliphatic carboxylic acids is 1. The molecule has 2 aliphatic heterocycles. The molecule has 0 aromatic heterocycles. The van der Waals surface area contributed by atoms with Gasteiger partial charge in [-0.3, -0.25) is 4.79 Å². The molecule has 0 radical (unpaired) electrons. The molecule has 78 valence electrons. The maximum absolute atomic E-state index is 11.5. The Morgan fingerprint density at radius 3 is 2.79 bits per heavy atom. The molecule has 2 rings (SSSR count). The van der Waals surface area contributed by atoms with Crippen molar-refractivity contribution in [1.29, 1.82) is 0 Å². The maximum atomic E-state index is 11.5. The zero-order chi connectivity index (χ0) is 10.2. The number of likely N-dealkylation sites (tertiary alicyclic amines) is 1. The molecule has 14 heavy (non-hydrogen) atoms. The van der Waals surface area contributed by atoms with Crippen LogP contribution in [-0.2, 0) is 14.3 Å². The van der Waals surface area contributed by atoms with Gasteiger partial charge in [-0.05, 0) is 6.42 Å². The fraction of sp³-hybridized carbons (Fsp3) is 0.778. The molecular weight excluding hydrogens is 186 g/mol. The first-order chi connectivity index (χ1) is 6.67. The van der Waals surface area contributed by atoms with Crippen LogP contribution in [0.3, 0.4) is 0 Å². The van der Waals surface area contributed by atoms with E-state index in [-0.39, 0.29) is 12.5 Å². The van der Waals surface area contributed by atoms with Gasteiger partial charge < -0.3 is 14.7 Å². The molecule has 1 atom stereocenters. The molecule has 2 saturated heterocycles. The largest absolute Gasteiger partial charge is 0.479 e. The number of nitrogens with zero attached hydrogens (tertiary/aromatic N) is 1. The Labute approximate surface area is 81.6 Å². The summed E-state index contributed by atoms with van der Waals surface area (Å²) in [7, 11) is 0. The van der Waals surface area contributed by atoms with Crippen molar-refractivity contribution in [2.24, 2.45) is 0 Å². The number of carboxylic acids is 1. The minimum atomic E-state index is -1.08. The van der Waals surface area contributed by atoms with Gasteiger partial charge in [0, 0.05) is 26.0 Å². The first kappa shape index (κ1) is 9.45. The fourth-order valence-corrected chi connectivity index (χ4v) is 2.15. The van der Waals surface area contributed by atoms with Gasteiger partial charge in [0.1, 0.15) is 0 Å². The molecule has 0 bridgehead atoms. The highest BCUT2D eigenvalue weighted by molar-refractivity contribution is 5.88. The first-order valence-electron chi connectivity index (χ1n) is 4.78. The van der Waals surface area contributed by atoms with E-state index in [0.29, 0.717) is 26.0 Å². The molecule has 0 spiro atoms. The minimum absolute atomic E-state index is 0.0575. The molecule has 1 amide bonds. The summed E-state index contributed by atoms with van der Waals surface area (Å²) in [6.45, 7) is 1.11. The van der Waals surface area contributed by atoms with Crippen LogP contribution < -0.4 is 0 Å². The second-order valence-corrected chi connectivity index (χ2v) is 3.79. The zero-order valence-electron chi connectivity index (χ0n) is 7.86. The standard InChI is InChI=1S/C9H13NO4/c11-7-2-1-4-10(7)9(8(12)13)3-5-14-6-9/h1-6H2,(H,12,13). The Hall–Kier alpha value is -1.10. The van der Waals surface area contributed by atoms with Gasteiger partial charge in [-0.2, -0.15) is 0 Å². The normalized spacial score (nSPS) is 32.6. The van der Waals surface area contributed by atoms with Crippen molar-refractivity contribution in [2.45, 2.75) is 24.8 Å². The summed E-state index contributed by atoms with van der Waals surface area (Å²) in [5.41, 5.74) is -1.08. The summed E-state index contributed by atoms with van der Waals surface area (Å²) in [5.74, 6) is -0.997.